The van der Waals surface area contributed by atoms with Gasteiger partial charge in [-0.25, -0.2) is 9.78 Å². The van der Waals surface area contributed by atoms with Crippen LogP contribution < -0.4 is 10.2 Å². The summed E-state index contributed by atoms with van der Waals surface area (Å²) in [5, 5.41) is 2.95. The molecule has 1 aliphatic heterocycles. The maximum atomic E-state index is 12.4. The molecule has 1 atom stereocenters. The van der Waals surface area contributed by atoms with Crippen LogP contribution in [0.4, 0.5) is 10.6 Å². The van der Waals surface area contributed by atoms with Crippen molar-refractivity contribution < 1.29 is 14.3 Å². The van der Waals surface area contributed by atoms with Crippen molar-refractivity contribution >= 4 is 17.8 Å². The van der Waals surface area contributed by atoms with E-state index in [1.165, 1.54) is 0 Å². The number of nitrogens with zero attached hydrogens (tertiary/aromatic N) is 3. The minimum atomic E-state index is -0.499. The van der Waals surface area contributed by atoms with Crippen LogP contribution in [-0.2, 0) is 16.1 Å². The fraction of sp³-hybridized carbons (Fsp3) is 0.632. The molecule has 2 heterocycles. The van der Waals surface area contributed by atoms with Crippen LogP contribution in [0.1, 0.15) is 33.3 Å². The molecule has 0 saturated carbocycles. The van der Waals surface area contributed by atoms with E-state index in [0.29, 0.717) is 19.6 Å². The number of anilines is 1. The molecule has 0 unspecified atom stereocenters. The number of pyridine rings is 1. The Kier molecular flexibility index (Phi) is 6.10. The molecule has 7 nitrogen and oxygen atoms in total. The van der Waals surface area contributed by atoms with Gasteiger partial charge in [-0.05, 0) is 32.4 Å². The minimum Gasteiger partial charge on any atom is -0.444 e. The predicted octanol–water partition coefficient (Wildman–Crippen LogP) is 2.27. The average Bonchev–Trinajstić information content (AvgIpc) is 2.49. The van der Waals surface area contributed by atoms with Gasteiger partial charge in [0.25, 0.3) is 0 Å². The summed E-state index contributed by atoms with van der Waals surface area (Å²) in [5.74, 6) is 0.889. The first-order valence-corrected chi connectivity index (χ1v) is 8.94. The van der Waals surface area contributed by atoms with Crippen LogP contribution in [0, 0.1) is 11.8 Å². The molecular formula is C19H30N4O3. The lowest BCUT2D eigenvalue weighted by Crippen LogP contribution is -2.55. The zero-order valence-corrected chi connectivity index (χ0v) is 16.6. The van der Waals surface area contributed by atoms with Crippen molar-refractivity contribution in [2.45, 2.75) is 39.8 Å². The standard InChI is InChI=1S/C19H30N4O3/c1-13(15-11-23(12-15)18(25)26-19(2,3)4)17(24)21-10-14-7-8-16(20-9-14)22(5)6/h7-9,13,15H,10-12H2,1-6H3,(H,21,24)/t13-/m0/s1. The summed E-state index contributed by atoms with van der Waals surface area (Å²) in [7, 11) is 3.87. The number of amides is 2. The van der Waals surface area contributed by atoms with Crippen LogP contribution in [0.2, 0.25) is 0 Å². The fourth-order valence-electron chi connectivity index (χ4n) is 2.65. The van der Waals surface area contributed by atoms with E-state index in [-0.39, 0.29) is 23.8 Å². The number of nitrogens with one attached hydrogen (secondary N) is 1. The van der Waals surface area contributed by atoms with E-state index in [2.05, 4.69) is 10.3 Å². The molecule has 0 radical (unpaired) electrons. The van der Waals surface area contributed by atoms with Gasteiger partial charge in [0.15, 0.2) is 0 Å². The lowest BCUT2D eigenvalue weighted by molar-refractivity contribution is -0.128. The van der Waals surface area contributed by atoms with Crippen LogP contribution in [0.15, 0.2) is 18.3 Å². The topological polar surface area (TPSA) is 74.8 Å². The van der Waals surface area contributed by atoms with E-state index >= 15 is 0 Å². The molecule has 7 heteroatoms. The lowest BCUT2D eigenvalue weighted by atomic mass is 9.86. The normalized spacial score (nSPS) is 15.8. The molecule has 26 heavy (non-hydrogen) atoms. The average molecular weight is 362 g/mol. The number of carbonyl (C=O) groups is 2. The van der Waals surface area contributed by atoms with Gasteiger partial charge in [-0.1, -0.05) is 13.0 Å². The number of hydrogen-bond donors (Lipinski definition) is 1. The molecule has 1 aromatic heterocycles. The van der Waals surface area contributed by atoms with E-state index in [0.717, 1.165) is 11.4 Å². The molecule has 0 aromatic carbocycles. The van der Waals surface area contributed by atoms with E-state index in [1.807, 2.05) is 58.8 Å². The maximum Gasteiger partial charge on any atom is 0.410 e. The van der Waals surface area contributed by atoms with Gasteiger partial charge >= 0.3 is 6.09 Å². The Hall–Kier alpha value is -2.31. The van der Waals surface area contributed by atoms with Crippen molar-refractivity contribution in [3.05, 3.63) is 23.9 Å². The highest BCUT2D eigenvalue weighted by Crippen LogP contribution is 2.26. The number of carbonyl (C=O) groups excluding carboxylic acids is 2. The number of rotatable bonds is 5. The maximum absolute atomic E-state index is 12.4. The molecule has 1 saturated heterocycles. The summed E-state index contributed by atoms with van der Waals surface area (Å²) >= 11 is 0. The van der Waals surface area contributed by atoms with E-state index in [1.54, 1.807) is 11.1 Å². The van der Waals surface area contributed by atoms with Gasteiger partial charge in [-0.15, -0.1) is 0 Å². The second kappa shape index (κ2) is 7.93. The van der Waals surface area contributed by atoms with Gasteiger partial charge in [0.05, 0.1) is 0 Å². The molecular weight excluding hydrogens is 332 g/mol. The molecule has 1 fully saturated rings. The van der Waals surface area contributed by atoms with Gasteiger partial charge in [-0.3, -0.25) is 4.79 Å². The van der Waals surface area contributed by atoms with Crippen molar-refractivity contribution in [1.82, 2.24) is 15.2 Å². The summed E-state index contributed by atoms with van der Waals surface area (Å²) in [6.07, 6.45) is 1.46. The Labute approximate surface area is 155 Å². The first kappa shape index (κ1) is 20.0. The van der Waals surface area contributed by atoms with Crippen LogP contribution in [0.5, 0.6) is 0 Å². The minimum absolute atomic E-state index is 0.00414. The van der Waals surface area contributed by atoms with Gasteiger partial charge < -0.3 is 19.9 Å². The van der Waals surface area contributed by atoms with Gasteiger partial charge in [-0.2, -0.15) is 0 Å². The third-order valence-corrected chi connectivity index (χ3v) is 4.42. The van der Waals surface area contributed by atoms with Gasteiger partial charge in [0.1, 0.15) is 11.4 Å². The van der Waals surface area contributed by atoms with E-state index < -0.39 is 5.60 Å². The number of hydrogen-bond acceptors (Lipinski definition) is 5. The molecule has 1 aliphatic rings. The molecule has 1 N–H and O–H groups in total. The Morgan fingerprint density at radius 3 is 2.50 bits per heavy atom. The zero-order valence-electron chi connectivity index (χ0n) is 16.6. The summed E-state index contributed by atoms with van der Waals surface area (Å²) in [4.78, 5) is 32.2. The largest absolute Gasteiger partial charge is 0.444 e. The lowest BCUT2D eigenvalue weighted by Gasteiger charge is -2.42. The van der Waals surface area contributed by atoms with Crippen molar-refractivity contribution in [3.63, 3.8) is 0 Å². The monoisotopic (exact) mass is 362 g/mol. The van der Waals surface area contributed by atoms with Crippen LogP contribution in [0.3, 0.4) is 0 Å². The second-order valence-corrected chi connectivity index (χ2v) is 8.07. The predicted molar refractivity (Wildman–Crippen MR) is 101 cm³/mol. The molecule has 0 bridgehead atoms. The Morgan fingerprint density at radius 1 is 1.35 bits per heavy atom. The highest BCUT2D eigenvalue weighted by molar-refractivity contribution is 5.79. The Morgan fingerprint density at radius 2 is 2.00 bits per heavy atom. The summed E-state index contributed by atoms with van der Waals surface area (Å²) in [6.45, 7) is 9.01. The smallest absolute Gasteiger partial charge is 0.410 e. The van der Waals surface area contributed by atoms with Crippen molar-refractivity contribution in [2.75, 3.05) is 32.1 Å². The van der Waals surface area contributed by atoms with Crippen molar-refractivity contribution in [2.24, 2.45) is 11.8 Å². The number of aromatic nitrogens is 1. The quantitative estimate of drug-likeness (QED) is 0.870. The number of likely N-dealkylation sites (tertiary alicyclic amines) is 1. The molecule has 1 aromatic rings. The van der Waals surface area contributed by atoms with Crippen molar-refractivity contribution in [1.29, 1.82) is 0 Å². The van der Waals surface area contributed by atoms with Crippen molar-refractivity contribution in [3.8, 4) is 0 Å². The zero-order chi connectivity index (χ0) is 19.5. The molecule has 2 rings (SSSR count). The highest BCUT2D eigenvalue weighted by atomic mass is 16.6. The van der Waals surface area contributed by atoms with E-state index in [4.69, 9.17) is 4.74 Å². The van der Waals surface area contributed by atoms with Crippen LogP contribution in [0.25, 0.3) is 0 Å². The van der Waals surface area contributed by atoms with Crippen LogP contribution >= 0.6 is 0 Å². The van der Waals surface area contributed by atoms with E-state index in [9.17, 15) is 9.59 Å². The molecule has 2 amide bonds. The Bertz CT molecular complexity index is 631. The fourth-order valence-corrected chi connectivity index (χ4v) is 2.65. The number of ether oxygens (including phenoxy) is 1. The SMILES string of the molecule is C[C@H](C(=O)NCc1ccc(N(C)C)nc1)C1CN(C(=O)OC(C)(C)C)C1. The first-order chi connectivity index (χ1) is 12.1. The Balaban J connectivity index is 1.76. The van der Waals surface area contributed by atoms with Crippen LogP contribution in [-0.4, -0.2) is 54.7 Å². The second-order valence-electron chi connectivity index (χ2n) is 8.07. The third-order valence-electron chi connectivity index (χ3n) is 4.42. The first-order valence-electron chi connectivity index (χ1n) is 8.94. The van der Waals surface area contributed by atoms with Gasteiger partial charge in [0, 0.05) is 51.8 Å². The molecule has 0 spiro atoms. The summed E-state index contributed by atoms with van der Waals surface area (Å²) in [5.41, 5.74) is 0.460. The summed E-state index contributed by atoms with van der Waals surface area (Å²) in [6, 6.07) is 3.89. The third kappa shape index (κ3) is 5.34. The highest BCUT2D eigenvalue weighted by Gasteiger charge is 2.38. The summed E-state index contributed by atoms with van der Waals surface area (Å²) < 4.78 is 5.34. The van der Waals surface area contributed by atoms with Gasteiger partial charge in [0.2, 0.25) is 5.91 Å². The molecule has 144 valence electrons. The molecule has 0 aliphatic carbocycles.